The zero-order valence-corrected chi connectivity index (χ0v) is 19.6. The van der Waals surface area contributed by atoms with Crippen LogP contribution in [0.2, 0.25) is 0 Å². The average Bonchev–Trinajstić information content (AvgIpc) is 3.37. The van der Waals surface area contributed by atoms with Gasteiger partial charge in [-0.3, -0.25) is 0 Å². The number of rotatable bonds is 6. The van der Waals surface area contributed by atoms with Gasteiger partial charge in [-0.15, -0.1) is 0 Å². The number of hydrogen-bond acceptors (Lipinski definition) is 7. The number of fused-ring (bicyclic) bond motifs is 1. The van der Waals surface area contributed by atoms with E-state index in [9.17, 15) is 4.79 Å². The number of methoxy groups -OCH3 is 1. The Balaban J connectivity index is 1.33. The standard InChI is InChI=1S/C24H28N2O5S/c1-24(2,3)31-23(27)26-13-5-6-16(26)15-29-17-7-9-18(10-8-17)30-22-25-20-12-11-19(28-4)14-21(20)32-22/h7-12,14,16H,5-6,13,15H2,1-4H3. The number of carbonyl (C=O) groups excluding carboxylic acids is 1. The number of likely N-dealkylation sites (tertiary alicyclic amines) is 1. The fourth-order valence-electron chi connectivity index (χ4n) is 3.52. The summed E-state index contributed by atoms with van der Waals surface area (Å²) in [7, 11) is 1.64. The first-order valence-corrected chi connectivity index (χ1v) is 11.5. The maximum absolute atomic E-state index is 12.4. The molecule has 1 aliphatic heterocycles. The van der Waals surface area contributed by atoms with Crippen molar-refractivity contribution in [1.82, 2.24) is 9.88 Å². The minimum absolute atomic E-state index is 0.0144. The summed E-state index contributed by atoms with van der Waals surface area (Å²) < 4.78 is 23.6. The fraction of sp³-hybridized carbons (Fsp3) is 0.417. The number of ether oxygens (including phenoxy) is 4. The molecular weight excluding hydrogens is 428 g/mol. The molecule has 1 aromatic heterocycles. The summed E-state index contributed by atoms with van der Waals surface area (Å²) in [6.07, 6.45) is 1.58. The maximum atomic E-state index is 12.4. The summed E-state index contributed by atoms with van der Waals surface area (Å²) in [5, 5.41) is 0.570. The molecule has 1 aliphatic rings. The average molecular weight is 457 g/mol. The van der Waals surface area contributed by atoms with E-state index >= 15 is 0 Å². The lowest BCUT2D eigenvalue weighted by molar-refractivity contribution is 0.0187. The molecule has 2 aromatic carbocycles. The third-order valence-electron chi connectivity index (χ3n) is 5.05. The van der Waals surface area contributed by atoms with Gasteiger partial charge in [0.25, 0.3) is 5.19 Å². The summed E-state index contributed by atoms with van der Waals surface area (Å²) in [5.74, 6) is 2.20. The third kappa shape index (κ3) is 5.43. The van der Waals surface area contributed by atoms with E-state index in [0.29, 0.717) is 24.1 Å². The van der Waals surface area contributed by atoms with Crippen molar-refractivity contribution in [2.45, 2.75) is 45.3 Å². The molecule has 32 heavy (non-hydrogen) atoms. The second kappa shape index (κ2) is 9.24. The number of amides is 1. The smallest absolute Gasteiger partial charge is 0.410 e. The Morgan fingerprint density at radius 1 is 1.12 bits per heavy atom. The summed E-state index contributed by atoms with van der Waals surface area (Å²) in [6.45, 7) is 6.76. The molecule has 1 fully saturated rings. The molecule has 0 N–H and O–H groups in total. The molecule has 0 saturated carbocycles. The molecule has 0 aliphatic carbocycles. The Labute approximate surface area is 191 Å². The van der Waals surface area contributed by atoms with Crippen molar-refractivity contribution in [3.05, 3.63) is 42.5 Å². The lowest BCUT2D eigenvalue weighted by Gasteiger charge is -2.28. The quantitative estimate of drug-likeness (QED) is 0.462. The number of carbonyl (C=O) groups is 1. The van der Waals surface area contributed by atoms with Gasteiger partial charge in [-0.05, 0) is 76.1 Å². The molecule has 8 heteroatoms. The van der Waals surface area contributed by atoms with Crippen molar-refractivity contribution in [3.63, 3.8) is 0 Å². The van der Waals surface area contributed by atoms with E-state index < -0.39 is 5.60 Å². The highest BCUT2D eigenvalue weighted by atomic mass is 32.1. The van der Waals surface area contributed by atoms with E-state index in [-0.39, 0.29) is 12.1 Å². The van der Waals surface area contributed by atoms with Crippen molar-refractivity contribution in [2.75, 3.05) is 20.3 Å². The molecule has 0 bridgehead atoms. The molecule has 1 amide bonds. The molecule has 0 spiro atoms. The van der Waals surface area contributed by atoms with Crippen LogP contribution in [0.4, 0.5) is 4.79 Å². The lowest BCUT2D eigenvalue weighted by atomic mass is 10.2. The van der Waals surface area contributed by atoms with Crippen LogP contribution >= 0.6 is 11.3 Å². The van der Waals surface area contributed by atoms with Gasteiger partial charge in [0.15, 0.2) is 0 Å². The van der Waals surface area contributed by atoms with E-state index in [2.05, 4.69) is 4.98 Å². The molecule has 170 valence electrons. The number of nitrogens with zero attached hydrogens (tertiary/aromatic N) is 2. The van der Waals surface area contributed by atoms with Crippen molar-refractivity contribution in [2.24, 2.45) is 0 Å². The van der Waals surface area contributed by atoms with Crippen molar-refractivity contribution < 1.29 is 23.7 Å². The van der Waals surface area contributed by atoms with Gasteiger partial charge in [-0.25, -0.2) is 9.78 Å². The van der Waals surface area contributed by atoms with Crippen LogP contribution in [0.15, 0.2) is 42.5 Å². The van der Waals surface area contributed by atoms with Crippen molar-refractivity contribution in [1.29, 1.82) is 0 Å². The summed E-state index contributed by atoms with van der Waals surface area (Å²) in [6, 6.07) is 13.2. The Morgan fingerprint density at radius 3 is 2.56 bits per heavy atom. The molecule has 1 atom stereocenters. The molecule has 4 rings (SSSR count). The number of aromatic nitrogens is 1. The van der Waals surface area contributed by atoms with Gasteiger partial charge >= 0.3 is 6.09 Å². The van der Waals surface area contributed by atoms with Gasteiger partial charge in [0.05, 0.1) is 23.4 Å². The lowest BCUT2D eigenvalue weighted by Crippen LogP contribution is -2.42. The predicted molar refractivity (Wildman–Crippen MR) is 124 cm³/mol. The van der Waals surface area contributed by atoms with Crippen LogP contribution in [0.1, 0.15) is 33.6 Å². The minimum Gasteiger partial charge on any atom is -0.497 e. The normalized spacial score (nSPS) is 16.2. The molecule has 1 saturated heterocycles. The second-order valence-electron chi connectivity index (χ2n) is 8.67. The first-order chi connectivity index (χ1) is 15.3. The highest BCUT2D eigenvalue weighted by Gasteiger charge is 2.32. The molecule has 3 aromatic rings. The van der Waals surface area contributed by atoms with Crippen LogP contribution in [0.25, 0.3) is 10.2 Å². The van der Waals surface area contributed by atoms with Gasteiger partial charge in [0, 0.05) is 6.54 Å². The van der Waals surface area contributed by atoms with E-state index in [0.717, 1.165) is 34.6 Å². The molecule has 7 nitrogen and oxygen atoms in total. The maximum Gasteiger partial charge on any atom is 0.410 e. The summed E-state index contributed by atoms with van der Waals surface area (Å²) in [4.78, 5) is 18.7. The van der Waals surface area contributed by atoms with Crippen LogP contribution in [0.5, 0.6) is 22.4 Å². The first-order valence-electron chi connectivity index (χ1n) is 10.7. The van der Waals surface area contributed by atoms with Crippen molar-refractivity contribution in [3.8, 4) is 22.4 Å². The highest BCUT2D eigenvalue weighted by molar-refractivity contribution is 7.20. The molecular formula is C24H28N2O5S. The number of hydrogen-bond donors (Lipinski definition) is 0. The van der Waals surface area contributed by atoms with Gasteiger partial charge in [0.2, 0.25) is 0 Å². The largest absolute Gasteiger partial charge is 0.497 e. The van der Waals surface area contributed by atoms with Gasteiger partial charge in [-0.2, -0.15) is 0 Å². The van der Waals surface area contributed by atoms with Crippen LogP contribution in [-0.2, 0) is 4.74 Å². The van der Waals surface area contributed by atoms with E-state index in [1.54, 1.807) is 12.0 Å². The zero-order chi connectivity index (χ0) is 22.7. The monoisotopic (exact) mass is 456 g/mol. The Bertz CT molecular complexity index is 1070. The minimum atomic E-state index is -0.504. The van der Waals surface area contributed by atoms with Gasteiger partial charge in [-0.1, -0.05) is 11.3 Å². The van der Waals surface area contributed by atoms with Crippen molar-refractivity contribution >= 4 is 27.6 Å². The Hall–Kier alpha value is -3.00. The van der Waals surface area contributed by atoms with Gasteiger partial charge < -0.3 is 23.8 Å². The number of benzene rings is 2. The molecule has 2 heterocycles. The summed E-state index contributed by atoms with van der Waals surface area (Å²) in [5.41, 5.74) is 0.368. The Morgan fingerprint density at radius 2 is 1.84 bits per heavy atom. The van der Waals surface area contributed by atoms with Crippen LogP contribution in [0.3, 0.4) is 0 Å². The molecule has 0 radical (unpaired) electrons. The molecule has 1 unspecified atom stereocenters. The van der Waals surface area contributed by atoms with E-state index in [1.165, 1.54) is 11.3 Å². The van der Waals surface area contributed by atoms with Gasteiger partial charge in [0.1, 0.15) is 29.5 Å². The number of thiazole rings is 1. The van der Waals surface area contributed by atoms with E-state index in [1.807, 2.05) is 63.2 Å². The zero-order valence-electron chi connectivity index (χ0n) is 18.8. The second-order valence-corrected chi connectivity index (χ2v) is 9.66. The summed E-state index contributed by atoms with van der Waals surface area (Å²) >= 11 is 1.47. The van der Waals surface area contributed by atoms with Crippen LogP contribution in [-0.4, -0.2) is 47.9 Å². The fourth-order valence-corrected chi connectivity index (χ4v) is 4.38. The van der Waals surface area contributed by atoms with Crippen LogP contribution < -0.4 is 14.2 Å². The first kappa shape index (κ1) is 22.2. The SMILES string of the molecule is COc1ccc2nc(Oc3ccc(OCC4CCCN4C(=O)OC(C)(C)C)cc3)sc2c1. The van der Waals surface area contributed by atoms with E-state index in [4.69, 9.17) is 18.9 Å². The topological polar surface area (TPSA) is 70.1 Å². The Kier molecular flexibility index (Phi) is 6.41. The highest BCUT2D eigenvalue weighted by Crippen LogP contribution is 2.34. The predicted octanol–water partition coefficient (Wildman–Crippen LogP) is 5.88. The third-order valence-corrected chi connectivity index (χ3v) is 5.95. The van der Waals surface area contributed by atoms with Crippen LogP contribution in [0, 0.1) is 0 Å².